The molecule has 0 atom stereocenters. The standard InChI is InChI=1S/C21H18N2O4S/c1-13-3-6-16(7-4-13)23-20(25)17(22-21(23)28-11-14(2)24)9-15-5-8-18-19(10-15)27-12-26-18/h3-10H,11-12H2,1-2H3/b17-9-. The van der Waals surface area contributed by atoms with E-state index in [1.807, 2.05) is 43.3 Å². The lowest BCUT2D eigenvalue weighted by Gasteiger charge is -2.17. The van der Waals surface area contributed by atoms with Crippen LogP contribution in [-0.2, 0) is 9.59 Å². The third-order valence-electron chi connectivity index (χ3n) is 4.23. The lowest BCUT2D eigenvalue weighted by Crippen LogP contribution is -2.30. The molecule has 2 heterocycles. The van der Waals surface area contributed by atoms with Gasteiger partial charge in [0.25, 0.3) is 5.91 Å². The predicted octanol–water partition coefficient (Wildman–Crippen LogP) is 3.79. The number of carbonyl (C=O) groups excluding carboxylic acids is 2. The summed E-state index contributed by atoms with van der Waals surface area (Å²) in [5.41, 5.74) is 2.92. The molecule has 142 valence electrons. The maximum absolute atomic E-state index is 13.1. The molecule has 2 aliphatic rings. The van der Waals surface area contributed by atoms with Crippen molar-refractivity contribution >= 4 is 40.4 Å². The van der Waals surface area contributed by atoms with Gasteiger partial charge in [-0.2, -0.15) is 0 Å². The van der Waals surface area contributed by atoms with Gasteiger partial charge in [-0.25, -0.2) is 4.99 Å². The van der Waals surface area contributed by atoms with E-state index in [-0.39, 0.29) is 24.2 Å². The van der Waals surface area contributed by atoms with Gasteiger partial charge in [0.2, 0.25) is 6.79 Å². The minimum atomic E-state index is -0.229. The van der Waals surface area contributed by atoms with Crippen molar-refractivity contribution in [1.29, 1.82) is 0 Å². The topological polar surface area (TPSA) is 68.2 Å². The molecule has 7 heteroatoms. The van der Waals surface area contributed by atoms with E-state index in [0.29, 0.717) is 22.4 Å². The summed E-state index contributed by atoms with van der Waals surface area (Å²) in [5, 5.41) is 0.496. The number of aliphatic imine (C=N–C) groups is 1. The van der Waals surface area contributed by atoms with E-state index >= 15 is 0 Å². The van der Waals surface area contributed by atoms with Crippen molar-refractivity contribution in [2.75, 3.05) is 17.4 Å². The summed E-state index contributed by atoms with van der Waals surface area (Å²) >= 11 is 1.26. The van der Waals surface area contributed by atoms with Gasteiger partial charge in [-0.05, 0) is 49.8 Å². The van der Waals surface area contributed by atoms with E-state index in [9.17, 15) is 9.59 Å². The molecule has 0 unspecified atom stereocenters. The van der Waals surface area contributed by atoms with Crippen molar-refractivity contribution in [1.82, 2.24) is 0 Å². The number of nitrogens with zero attached hydrogens (tertiary/aromatic N) is 2. The second-order valence-corrected chi connectivity index (χ2v) is 7.45. The second kappa shape index (κ2) is 7.52. The smallest absolute Gasteiger partial charge is 0.283 e. The van der Waals surface area contributed by atoms with Crippen LogP contribution >= 0.6 is 11.8 Å². The largest absolute Gasteiger partial charge is 0.454 e. The first-order chi connectivity index (χ1) is 13.5. The van der Waals surface area contributed by atoms with Crippen LogP contribution in [-0.4, -0.2) is 29.4 Å². The van der Waals surface area contributed by atoms with Crippen LogP contribution in [0.15, 0.2) is 53.2 Å². The van der Waals surface area contributed by atoms with Crippen LogP contribution in [0.25, 0.3) is 6.08 Å². The highest BCUT2D eigenvalue weighted by molar-refractivity contribution is 8.14. The zero-order valence-electron chi connectivity index (χ0n) is 15.5. The summed E-state index contributed by atoms with van der Waals surface area (Å²) in [6.45, 7) is 3.70. The zero-order valence-corrected chi connectivity index (χ0v) is 16.3. The molecule has 0 saturated carbocycles. The van der Waals surface area contributed by atoms with E-state index in [1.165, 1.54) is 18.7 Å². The summed E-state index contributed by atoms with van der Waals surface area (Å²) in [6, 6.07) is 13.1. The van der Waals surface area contributed by atoms with E-state index in [0.717, 1.165) is 16.8 Å². The van der Waals surface area contributed by atoms with Crippen molar-refractivity contribution in [3.8, 4) is 11.5 Å². The van der Waals surface area contributed by atoms with Crippen LogP contribution in [0.5, 0.6) is 11.5 Å². The molecule has 1 amide bonds. The van der Waals surface area contributed by atoms with Crippen molar-refractivity contribution < 1.29 is 19.1 Å². The van der Waals surface area contributed by atoms with Crippen molar-refractivity contribution in [3.05, 3.63) is 59.3 Å². The normalized spacial score (nSPS) is 16.6. The molecule has 0 saturated heterocycles. The number of Topliss-reactive ketones (excluding diaryl/α,β-unsaturated/α-hetero) is 1. The van der Waals surface area contributed by atoms with Crippen LogP contribution in [0.4, 0.5) is 5.69 Å². The first kappa shape index (κ1) is 18.3. The Kier molecular flexibility index (Phi) is 4.92. The number of amides is 1. The molecule has 0 spiro atoms. The van der Waals surface area contributed by atoms with Crippen LogP contribution in [0.3, 0.4) is 0 Å². The molecule has 2 aromatic carbocycles. The summed E-state index contributed by atoms with van der Waals surface area (Å²) in [6.07, 6.45) is 1.72. The molecule has 0 aromatic heterocycles. The summed E-state index contributed by atoms with van der Waals surface area (Å²) in [4.78, 5) is 30.6. The number of rotatable bonds is 4. The maximum atomic E-state index is 13.1. The Morgan fingerprint density at radius 2 is 1.93 bits per heavy atom. The van der Waals surface area contributed by atoms with E-state index in [1.54, 1.807) is 17.0 Å². The number of thioether (sulfide) groups is 1. The SMILES string of the molecule is CC(=O)CSC1=N/C(=C\c2ccc3c(c2)OCO3)C(=O)N1c1ccc(C)cc1. The maximum Gasteiger partial charge on any atom is 0.283 e. The number of hydrogen-bond acceptors (Lipinski definition) is 6. The molecule has 0 fully saturated rings. The number of amidine groups is 1. The Labute approximate surface area is 166 Å². The third kappa shape index (κ3) is 3.66. The molecule has 0 bridgehead atoms. The fourth-order valence-corrected chi connectivity index (χ4v) is 3.65. The predicted molar refractivity (Wildman–Crippen MR) is 110 cm³/mol. The molecule has 28 heavy (non-hydrogen) atoms. The van der Waals surface area contributed by atoms with Crippen molar-refractivity contribution in [3.63, 3.8) is 0 Å². The second-order valence-electron chi connectivity index (χ2n) is 6.50. The number of carbonyl (C=O) groups is 2. The van der Waals surface area contributed by atoms with Crippen molar-refractivity contribution in [2.24, 2.45) is 4.99 Å². The molecule has 0 radical (unpaired) electrons. The molecule has 4 rings (SSSR count). The molecule has 2 aliphatic heterocycles. The van der Waals surface area contributed by atoms with Crippen molar-refractivity contribution in [2.45, 2.75) is 13.8 Å². The van der Waals surface area contributed by atoms with Gasteiger partial charge >= 0.3 is 0 Å². The lowest BCUT2D eigenvalue weighted by molar-refractivity contribution is -0.115. The number of fused-ring (bicyclic) bond motifs is 1. The minimum absolute atomic E-state index is 0.0252. The van der Waals surface area contributed by atoms with Gasteiger partial charge in [-0.1, -0.05) is 35.5 Å². The van der Waals surface area contributed by atoms with Gasteiger partial charge in [0.15, 0.2) is 16.7 Å². The molecule has 0 N–H and O–H groups in total. The highest BCUT2D eigenvalue weighted by Crippen LogP contribution is 2.34. The number of benzene rings is 2. The van der Waals surface area contributed by atoms with Gasteiger partial charge < -0.3 is 9.47 Å². The zero-order chi connectivity index (χ0) is 19.7. The Morgan fingerprint density at radius 3 is 2.68 bits per heavy atom. The quantitative estimate of drug-likeness (QED) is 0.738. The Morgan fingerprint density at radius 1 is 1.18 bits per heavy atom. The molecule has 6 nitrogen and oxygen atoms in total. The molecule has 2 aromatic rings. The first-order valence-electron chi connectivity index (χ1n) is 8.74. The summed E-state index contributed by atoms with van der Waals surface area (Å²) < 4.78 is 10.7. The fraction of sp³-hybridized carbons (Fsp3) is 0.190. The van der Waals surface area contributed by atoms with Crippen LogP contribution in [0, 0.1) is 6.92 Å². The summed E-state index contributed by atoms with van der Waals surface area (Å²) in [5.74, 6) is 1.38. The fourth-order valence-electron chi connectivity index (χ4n) is 2.84. The minimum Gasteiger partial charge on any atom is -0.454 e. The highest BCUT2D eigenvalue weighted by atomic mass is 32.2. The molecular formula is C21H18N2O4S. The number of hydrogen-bond donors (Lipinski definition) is 0. The number of aryl methyl sites for hydroxylation is 1. The average Bonchev–Trinajstić information content (AvgIpc) is 3.25. The van der Waals surface area contributed by atoms with Crippen LogP contribution < -0.4 is 14.4 Å². The van der Waals surface area contributed by atoms with Gasteiger partial charge in [0.1, 0.15) is 11.5 Å². The van der Waals surface area contributed by atoms with Gasteiger partial charge in [0.05, 0.1) is 11.4 Å². The van der Waals surface area contributed by atoms with Gasteiger partial charge in [-0.15, -0.1) is 0 Å². The molecular weight excluding hydrogens is 376 g/mol. The first-order valence-corrected chi connectivity index (χ1v) is 9.73. The Balaban J connectivity index is 1.68. The van der Waals surface area contributed by atoms with E-state index in [2.05, 4.69) is 4.99 Å². The number of ketones is 1. The average molecular weight is 394 g/mol. The monoisotopic (exact) mass is 394 g/mol. The molecule has 0 aliphatic carbocycles. The van der Waals surface area contributed by atoms with Gasteiger partial charge in [0, 0.05) is 0 Å². The Hall–Kier alpha value is -3.06. The summed E-state index contributed by atoms with van der Waals surface area (Å²) in [7, 11) is 0. The highest BCUT2D eigenvalue weighted by Gasteiger charge is 2.32. The number of ether oxygens (including phenoxy) is 2. The van der Waals surface area contributed by atoms with Gasteiger partial charge in [-0.3, -0.25) is 14.5 Å². The van der Waals surface area contributed by atoms with E-state index < -0.39 is 0 Å². The van der Waals surface area contributed by atoms with Crippen LogP contribution in [0.1, 0.15) is 18.1 Å². The van der Waals surface area contributed by atoms with Crippen LogP contribution in [0.2, 0.25) is 0 Å². The Bertz CT molecular complexity index is 1010. The number of anilines is 1. The third-order valence-corrected chi connectivity index (χ3v) is 5.31. The van der Waals surface area contributed by atoms with E-state index in [4.69, 9.17) is 9.47 Å². The lowest BCUT2D eigenvalue weighted by atomic mass is 10.1.